The molecule has 8 nitrogen and oxygen atoms in total. The second kappa shape index (κ2) is 7.85. The number of carbonyl (C=O) groups excluding carboxylic acids is 1. The van der Waals surface area contributed by atoms with Crippen molar-refractivity contribution >= 4 is 16.9 Å². The van der Waals surface area contributed by atoms with Crippen LogP contribution in [-0.2, 0) is 0 Å². The van der Waals surface area contributed by atoms with Gasteiger partial charge in [-0.15, -0.1) is 0 Å². The van der Waals surface area contributed by atoms with Gasteiger partial charge in [0.15, 0.2) is 0 Å². The molecule has 2 N–H and O–H groups in total. The van der Waals surface area contributed by atoms with Crippen molar-refractivity contribution < 1.29 is 14.7 Å². The Morgan fingerprint density at radius 3 is 2.69 bits per heavy atom. The van der Waals surface area contributed by atoms with Gasteiger partial charge in [-0.1, -0.05) is 0 Å². The third kappa shape index (κ3) is 4.11. The zero-order valence-corrected chi connectivity index (χ0v) is 14.5. The minimum absolute atomic E-state index is 0.300. The fourth-order valence-corrected chi connectivity index (χ4v) is 2.31. The highest BCUT2D eigenvalue weighted by atomic mass is 16.5. The topological polar surface area (TPSA) is 100 Å². The van der Waals surface area contributed by atoms with Crippen LogP contribution in [0, 0.1) is 0 Å². The van der Waals surface area contributed by atoms with Crippen LogP contribution in [0.25, 0.3) is 22.3 Å². The Morgan fingerprint density at radius 1 is 1.15 bits per heavy atom. The first kappa shape index (κ1) is 17.7. The minimum Gasteiger partial charge on any atom is -0.476 e. The molecule has 0 spiro atoms. The number of aromatic nitrogens is 3. The van der Waals surface area contributed by atoms with Gasteiger partial charge < -0.3 is 9.64 Å². The lowest BCUT2D eigenvalue weighted by atomic mass is 10.1. The van der Waals surface area contributed by atoms with E-state index in [2.05, 4.69) is 15.0 Å². The number of nitrogens with one attached hydrogen (secondary N) is 1. The number of fused-ring (bicyclic) bond motifs is 1. The third-order valence-corrected chi connectivity index (χ3v) is 3.73. The van der Waals surface area contributed by atoms with Crippen molar-refractivity contribution in [1.29, 1.82) is 0 Å². The summed E-state index contributed by atoms with van der Waals surface area (Å²) in [6, 6.07) is 8.47. The van der Waals surface area contributed by atoms with E-state index in [1.807, 2.05) is 25.1 Å². The Hall–Kier alpha value is -3.10. The summed E-state index contributed by atoms with van der Waals surface area (Å²) in [5, 5.41) is 8.75. The Morgan fingerprint density at radius 2 is 2.00 bits per heavy atom. The maximum Gasteiger partial charge on any atom is 0.274 e. The number of amides is 1. The molecule has 3 rings (SSSR count). The molecule has 2 heterocycles. The number of hydrogen-bond acceptors (Lipinski definition) is 7. The second-order valence-electron chi connectivity index (χ2n) is 5.94. The average molecular weight is 353 g/mol. The number of pyridine rings is 1. The fourth-order valence-electron chi connectivity index (χ4n) is 2.31. The predicted molar refractivity (Wildman–Crippen MR) is 96.1 cm³/mol. The average Bonchev–Trinajstić information content (AvgIpc) is 2.66. The predicted octanol–water partition coefficient (Wildman–Crippen LogP) is 1.75. The summed E-state index contributed by atoms with van der Waals surface area (Å²) in [4.78, 5) is 26.7. The molecule has 0 aliphatic carbocycles. The Kier molecular flexibility index (Phi) is 5.35. The van der Waals surface area contributed by atoms with Gasteiger partial charge in [-0.25, -0.2) is 15.4 Å². The summed E-state index contributed by atoms with van der Waals surface area (Å²) in [5.74, 6) is -0.0498. The van der Waals surface area contributed by atoms with Crippen LogP contribution in [0.4, 0.5) is 0 Å². The van der Waals surface area contributed by atoms with E-state index in [4.69, 9.17) is 9.94 Å². The smallest absolute Gasteiger partial charge is 0.274 e. The molecule has 0 aliphatic heterocycles. The summed E-state index contributed by atoms with van der Waals surface area (Å²) in [7, 11) is 3.96. The first-order valence-electron chi connectivity index (χ1n) is 8.02. The number of likely N-dealkylation sites (N-methyl/N-ethyl adjacent to an activating group) is 1. The lowest BCUT2D eigenvalue weighted by Crippen LogP contribution is -2.19. The van der Waals surface area contributed by atoms with Crippen molar-refractivity contribution in [2.45, 2.75) is 0 Å². The van der Waals surface area contributed by atoms with E-state index in [-0.39, 0.29) is 0 Å². The standard InChI is InChI=1S/C18H19N5O3/c1-23(2)7-8-26-17-6-4-13(10-20-17)16-11-19-14-5-3-12(18(24)22-25)9-15(14)21-16/h3-6,9-11,25H,7-8H2,1-2H3,(H,22,24). The van der Waals surface area contributed by atoms with E-state index < -0.39 is 5.91 Å². The monoisotopic (exact) mass is 353 g/mol. The number of carbonyl (C=O) groups is 1. The second-order valence-corrected chi connectivity index (χ2v) is 5.94. The van der Waals surface area contributed by atoms with Gasteiger partial charge in [0.25, 0.3) is 5.91 Å². The normalized spacial score (nSPS) is 10.9. The number of rotatable bonds is 6. The van der Waals surface area contributed by atoms with E-state index in [1.165, 1.54) is 0 Å². The van der Waals surface area contributed by atoms with Crippen LogP contribution in [0.1, 0.15) is 10.4 Å². The van der Waals surface area contributed by atoms with Gasteiger partial charge in [-0.2, -0.15) is 0 Å². The van der Waals surface area contributed by atoms with E-state index in [0.29, 0.717) is 34.8 Å². The summed E-state index contributed by atoms with van der Waals surface area (Å²) >= 11 is 0. The van der Waals surface area contributed by atoms with E-state index in [0.717, 1.165) is 12.1 Å². The van der Waals surface area contributed by atoms with Crippen molar-refractivity contribution in [2.24, 2.45) is 0 Å². The third-order valence-electron chi connectivity index (χ3n) is 3.73. The van der Waals surface area contributed by atoms with Gasteiger partial charge in [0.1, 0.15) is 6.61 Å². The molecule has 8 heteroatoms. The lowest BCUT2D eigenvalue weighted by molar-refractivity contribution is 0.0706. The molecule has 134 valence electrons. The molecule has 0 unspecified atom stereocenters. The van der Waals surface area contributed by atoms with Gasteiger partial charge in [-0.3, -0.25) is 15.0 Å². The first-order chi connectivity index (χ1) is 12.6. The summed E-state index contributed by atoms with van der Waals surface area (Å²) in [5.41, 5.74) is 4.53. The maximum atomic E-state index is 11.5. The molecule has 1 amide bonds. The molecule has 0 fully saturated rings. The molecule has 0 radical (unpaired) electrons. The highest BCUT2D eigenvalue weighted by molar-refractivity contribution is 5.96. The van der Waals surface area contributed by atoms with Crippen molar-refractivity contribution in [2.75, 3.05) is 27.2 Å². The van der Waals surface area contributed by atoms with Crippen molar-refractivity contribution in [3.8, 4) is 17.1 Å². The minimum atomic E-state index is -0.597. The van der Waals surface area contributed by atoms with Gasteiger partial charge in [0, 0.05) is 29.9 Å². The van der Waals surface area contributed by atoms with Crippen LogP contribution in [-0.4, -0.2) is 58.2 Å². The SMILES string of the molecule is CN(C)CCOc1ccc(-c2cnc3ccc(C(=O)NO)cc3n2)cn1. The molecule has 2 aromatic heterocycles. The Labute approximate surface area is 150 Å². The van der Waals surface area contributed by atoms with Crippen molar-refractivity contribution in [1.82, 2.24) is 25.3 Å². The van der Waals surface area contributed by atoms with Gasteiger partial charge >= 0.3 is 0 Å². The molecule has 0 saturated heterocycles. The van der Waals surface area contributed by atoms with Gasteiger partial charge in [0.2, 0.25) is 5.88 Å². The summed E-state index contributed by atoms with van der Waals surface area (Å²) in [6.45, 7) is 1.37. The highest BCUT2D eigenvalue weighted by Crippen LogP contribution is 2.21. The van der Waals surface area contributed by atoms with E-state index >= 15 is 0 Å². The molecule has 0 atom stereocenters. The molecule has 0 bridgehead atoms. The summed E-state index contributed by atoms with van der Waals surface area (Å²) in [6.07, 6.45) is 3.32. The number of nitrogens with zero attached hydrogens (tertiary/aromatic N) is 4. The molecular weight excluding hydrogens is 334 g/mol. The molecule has 0 saturated carbocycles. The fraction of sp³-hybridized carbons (Fsp3) is 0.222. The molecule has 0 aliphatic rings. The maximum absolute atomic E-state index is 11.5. The van der Waals surface area contributed by atoms with Crippen LogP contribution in [0.5, 0.6) is 5.88 Å². The number of ether oxygens (including phenoxy) is 1. The van der Waals surface area contributed by atoms with Crippen LogP contribution in [0.2, 0.25) is 0 Å². The van der Waals surface area contributed by atoms with Gasteiger partial charge in [-0.05, 0) is 38.4 Å². The molecular formula is C18H19N5O3. The van der Waals surface area contributed by atoms with Gasteiger partial charge in [0.05, 0.1) is 22.9 Å². The lowest BCUT2D eigenvalue weighted by Gasteiger charge is -2.10. The highest BCUT2D eigenvalue weighted by Gasteiger charge is 2.08. The number of hydroxylamine groups is 1. The zero-order valence-electron chi connectivity index (χ0n) is 14.5. The van der Waals surface area contributed by atoms with E-state index in [1.54, 1.807) is 42.1 Å². The molecule has 26 heavy (non-hydrogen) atoms. The zero-order chi connectivity index (χ0) is 18.5. The number of hydrogen-bond donors (Lipinski definition) is 2. The van der Waals surface area contributed by atoms with Crippen molar-refractivity contribution in [3.63, 3.8) is 0 Å². The first-order valence-corrected chi connectivity index (χ1v) is 8.02. The van der Waals surface area contributed by atoms with E-state index in [9.17, 15) is 4.79 Å². The molecule has 3 aromatic rings. The Balaban J connectivity index is 1.82. The Bertz CT molecular complexity index is 912. The molecule has 1 aromatic carbocycles. The van der Waals surface area contributed by atoms with Crippen LogP contribution >= 0.6 is 0 Å². The van der Waals surface area contributed by atoms with Crippen LogP contribution in [0.3, 0.4) is 0 Å². The summed E-state index contributed by atoms with van der Waals surface area (Å²) < 4.78 is 5.58. The van der Waals surface area contributed by atoms with Crippen LogP contribution < -0.4 is 10.2 Å². The van der Waals surface area contributed by atoms with Crippen LogP contribution in [0.15, 0.2) is 42.7 Å². The van der Waals surface area contributed by atoms with Crippen molar-refractivity contribution in [3.05, 3.63) is 48.3 Å². The quantitative estimate of drug-likeness (QED) is 0.514. The largest absolute Gasteiger partial charge is 0.476 e. The number of benzene rings is 1.